The summed E-state index contributed by atoms with van der Waals surface area (Å²) in [6.45, 7) is 19.9. The lowest BCUT2D eigenvalue weighted by Crippen LogP contribution is -2.60. The van der Waals surface area contributed by atoms with Crippen LogP contribution in [0.25, 0.3) is 21.8 Å². The molecule has 2 aromatic heterocycles. The topological polar surface area (TPSA) is 147 Å². The van der Waals surface area contributed by atoms with Crippen LogP contribution in [0, 0.1) is 25.7 Å². The molecule has 4 N–H and O–H groups in total. The number of carbonyl (C=O) groups is 2. The first-order chi connectivity index (χ1) is 35.0. The SMILES string of the molecule is Cc1cccc2c1cc(C(=O)NCC1CCN(CC3(O)CCC(O[Si](C)(c4ccccc4)c4ccccc4)CC3)CC1)c(=O)n2C(C)C.Cc1cccc2c1cc(C(=O)NCC1CCNCC1)c(=O)n2C(C)C. The van der Waals surface area contributed by atoms with Crippen molar-refractivity contribution in [3.8, 4) is 0 Å². The number of benzene rings is 4. The highest BCUT2D eigenvalue weighted by atomic mass is 28.4. The first kappa shape index (κ1) is 53.6. The monoisotopic (exact) mass is 1010 g/mol. The van der Waals surface area contributed by atoms with E-state index >= 15 is 0 Å². The summed E-state index contributed by atoms with van der Waals surface area (Å²) >= 11 is 0. The van der Waals surface area contributed by atoms with Crippen LogP contribution in [0.5, 0.6) is 0 Å². The molecular weight excluding hydrogens is 929 g/mol. The van der Waals surface area contributed by atoms with Gasteiger partial charge in [-0.05, 0) is 183 Å². The number of rotatable bonds is 14. The molecule has 2 amide bonds. The van der Waals surface area contributed by atoms with Gasteiger partial charge in [0.2, 0.25) is 0 Å². The van der Waals surface area contributed by atoms with Gasteiger partial charge in [-0.3, -0.25) is 19.2 Å². The Bertz CT molecular complexity index is 2930. The number of aromatic nitrogens is 2. The van der Waals surface area contributed by atoms with Gasteiger partial charge >= 0.3 is 0 Å². The van der Waals surface area contributed by atoms with Crippen LogP contribution in [0.3, 0.4) is 0 Å². The lowest BCUT2D eigenvalue weighted by atomic mass is 9.82. The van der Waals surface area contributed by atoms with Crippen molar-refractivity contribution in [1.82, 2.24) is 30.0 Å². The molecule has 4 aromatic carbocycles. The van der Waals surface area contributed by atoms with Crippen molar-refractivity contribution < 1.29 is 19.1 Å². The molecule has 4 heterocycles. The van der Waals surface area contributed by atoms with E-state index in [-0.39, 0.29) is 52.2 Å². The molecule has 1 saturated carbocycles. The Morgan fingerprint density at radius 3 is 1.53 bits per heavy atom. The minimum Gasteiger partial charge on any atom is -0.405 e. The van der Waals surface area contributed by atoms with E-state index in [4.69, 9.17) is 4.43 Å². The van der Waals surface area contributed by atoms with Gasteiger partial charge in [0.15, 0.2) is 0 Å². The van der Waals surface area contributed by atoms with Gasteiger partial charge < -0.3 is 39.5 Å². The summed E-state index contributed by atoms with van der Waals surface area (Å²) in [5.74, 6) is 0.272. The third kappa shape index (κ3) is 12.5. The highest BCUT2D eigenvalue weighted by Gasteiger charge is 2.41. The molecule has 2 saturated heterocycles. The zero-order valence-corrected chi connectivity index (χ0v) is 45.2. The summed E-state index contributed by atoms with van der Waals surface area (Å²) in [7, 11) is -2.39. The van der Waals surface area contributed by atoms with Gasteiger partial charge in [-0.2, -0.15) is 0 Å². The number of fused-ring (bicyclic) bond motifs is 2. The minimum atomic E-state index is -2.39. The van der Waals surface area contributed by atoms with E-state index in [1.165, 1.54) is 10.4 Å². The number of likely N-dealkylation sites (tertiary alicyclic amines) is 1. The molecule has 6 aromatic rings. The molecule has 388 valence electrons. The molecule has 9 rings (SSSR count). The Balaban J connectivity index is 0.000000238. The van der Waals surface area contributed by atoms with Crippen LogP contribution in [-0.2, 0) is 4.43 Å². The van der Waals surface area contributed by atoms with E-state index in [1.54, 1.807) is 21.3 Å². The van der Waals surface area contributed by atoms with Gasteiger partial charge in [0.25, 0.3) is 31.3 Å². The van der Waals surface area contributed by atoms with E-state index in [0.717, 1.165) is 110 Å². The molecule has 1 aliphatic carbocycles. The van der Waals surface area contributed by atoms with Gasteiger partial charge in [0.1, 0.15) is 11.1 Å². The number of pyridine rings is 2. The van der Waals surface area contributed by atoms with Crippen molar-refractivity contribution in [2.45, 2.75) is 123 Å². The quantitative estimate of drug-likeness (QED) is 0.0803. The number of aryl methyl sites for hydroxylation is 2. The van der Waals surface area contributed by atoms with Crippen molar-refractivity contribution in [2.75, 3.05) is 45.8 Å². The summed E-state index contributed by atoms with van der Waals surface area (Å²) in [4.78, 5) is 54.7. The molecule has 0 atom stereocenters. The van der Waals surface area contributed by atoms with Crippen molar-refractivity contribution in [3.63, 3.8) is 0 Å². The molecule has 0 unspecified atom stereocenters. The second-order valence-corrected chi connectivity index (χ2v) is 25.3. The number of amides is 2. The summed E-state index contributed by atoms with van der Waals surface area (Å²) in [6, 6.07) is 36.6. The lowest BCUT2D eigenvalue weighted by molar-refractivity contribution is -0.0538. The average molecular weight is 1010 g/mol. The van der Waals surface area contributed by atoms with Crippen LogP contribution < -0.4 is 37.4 Å². The summed E-state index contributed by atoms with van der Waals surface area (Å²) in [5, 5.41) is 25.5. The molecule has 73 heavy (non-hydrogen) atoms. The van der Waals surface area contributed by atoms with Crippen molar-refractivity contribution >= 4 is 52.3 Å². The summed E-state index contributed by atoms with van der Waals surface area (Å²) in [5.41, 5.74) is 3.15. The Hall–Kier alpha value is -5.70. The normalized spacial score (nSPS) is 19.2. The first-order valence-corrected chi connectivity index (χ1v) is 29.3. The molecule has 0 radical (unpaired) electrons. The first-order valence-electron chi connectivity index (χ1n) is 26.9. The van der Waals surface area contributed by atoms with E-state index in [2.05, 4.69) is 88.1 Å². The van der Waals surface area contributed by atoms with Gasteiger partial charge in [0, 0.05) is 48.6 Å². The van der Waals surface area contributed by atoms with Gasteiger partial charge in [-0.1, -0.05) is 84.9 Å². The van der Waals surface area contributed by atoms with Crippen molar-refractivity contribution in [3.05, 3.63) is 152 Å². The molecule has 3 aliphatic rings. The van der Waals surface area contributed by atoms with Crippen LogP contribution in [0.15, 0.2) is 119 Å². The van der Waals surface area contributed by atoms with Gasteiger partial charge in [-0.15, -0.1) is 0 Å². The number of nitrogens with zero attached hydrogens (tertiary/aromatic N) is 3. The zero-order valence-electron chi connectivity index (χ0n) is 44.2. The number of aliphatic hydroxyl groups is 1. The molecule has 0 bridgehead atoms. The molecule has 13 heteroatoms. The number of hydrogen-bond acceptors (Lipinski definition) is 8. The maximum Gasteiger partial charge on any atom is 0.264 e. The number of nitrogens with one attached hydrogen (secondary N) is 3. The molecular formula is C60H78N6O6Si. The van der Waals surface area contributed by atoms with Crippen LogP contribution in [0.4, 0.5) is 0 Å². The average Bonchev–Trinajstić information content (AvgIpc) is 3.39. The summed E-state index contributed by atoms with van der Waals surface area (Å²) in [6.07, 6.45) is 7.35. The molecule has 2 aliphatic heterocycles. The molecule has 0 spiro atoms. The second kappa shape index (κ2) is 23.7. The van der Waals surface area contributed by atoms with Crippen LogP contribution in [0.1, 0.15) is 123 Å². The van der Waals surface area contributed by atoms with Crippen molar-refractivity contribution in [2.24, 2.45) is 11.8 Å². The number of piperidine rings is 2. The largest absolute Gasteiger partial charge is 0.405 e. The Morgan fingerprint density at radius 2 is 1.10 bits per heavy atom. The Morgan fingerprint density at radius 1 is 0.658 bits per heavy atom. The Labute approximate surface area is 432 Å². The van der Waals surface area contributed by atoms with Gasteiger partial charge in [-0.25, -0.2) is 0 Å². The lowest BCUT2D eigenvalue weighted by Gasteiger charge is -2.43. The molecule has 12 nitrogen and oxygen atoms in total. The summed E-state index contributed by atoms with van der Waals surface area (Å²) < 4.78 is 10.5. The number of carbonyl (C=O) groups excluding carboxylic acids is 2. The highest BCUT2D eigenvalue weighted by molar-refractivity contribution is 6.96. The maximum absolute atomic E-state index is 13.4. The zero-order chi connectivity index (χ0) is 51.9. The van der Waals surface area contributed by atoms with E-state index in [1.807, 2.05) is 77.9 Å². The predicted octanol–water partition coefficient (Wildman–Crippen LogP) is 8.03. The fourth-order valence-electron chi connectivity index (χ4n) is 11.4. The highest BCUT2D eigenvalue weighted by Crippen LogP contribution is 2.33. The third-order valence-electron chi connectivity index (χ3n) is 15.8. The smallest absolute Gasteiger partial charge is 0.264 e. The minimum absolute atomic E-state index is 0.00558. The maximum atomic E-state index is 13.4. The number of hydrogen-bond donors (Lipinski definition) is 4. The predicted molar refractivity (Wildman–Crippen MR) is 298 cm³/mol. The number of β-amino-alcohol motifs (C(OH)–C–C–N with tert-alkyl or cyclic N) is 1. The fraction of sp³-hybridized carbons (Fsp3) is 0.467. The standard InChI is InChI=1S/C40H51N3O4Si.C20H27N3O2/c1-29(2)43-37-17-11-12-30(3)35(37)26-36(39(43)45)38(44)41-27-31-20-24-42(25-21-31)28-40(46)22-18-32(19-23-40)47-48(4,33-13-7-5-8-14-33)34-15-9-6-10-16-34;1-13(2)23-18-6-4-5-14(3)16(18)11-17(20(23)25)19(24)22-12-15-7-9-21-10-8-15/h5-17,26,29,31-32,46H,18-25,27-28H2,1-4H3,(H,41,44);4-6,11,13,15,21H,7-10,12H2,1-3H3,(H,22,24). The van der Waals surface area contributed by atoms with E-state index in [0.29, 0.717) is 31.5 Å². The van der Waals surface area contributed by atoms with E-state index in [9.17, 15) is 24.3 Å². The van der Waals surface area contributed by atoms with E-state index < -0.39 is 13.9 Å². The van der Waals surface area contributed by atoms with Crippen molar-refractivity contribution in [1.29, 1.82) is 0 Å². The fourth-order valence-corrected chi connectivity index (χ4v) is 14.6. The van der Waals surface area contributed by atoms with Crippen LogP contribution in [0.2, 0.25) is 6.55 Å². The molecule has 3 fully saturated rings. The van der Waals surface area contributed by atoms with Crippen LogP contribution >= 0.6 is 0 Å². The third-order valence-corrected chi connectivity index (χ3v) is 19.5. The van der Waals surface area contributed by atoms with Gasteiger partial charge in [0.05, 0.1) is 16.6 Å². The second-order valence-electron chi connectivity index (χ2n) is 21.8. The van der Waals surface area contributed by atoms with Crippen LogP contribution in [-0.4, -0.2) is 96.8 Å². The Kier molecular flexibility index (Phi) is 17.4.